The molecule has 0 aliphatic carbocycles. The monoisotopic (exact) mass is 410 g/mol. The number of thioether (sulfide) groups is 2. The molecule has 0 unspecified atom stereocenters. The molecule has 0 spiro atoms. The Morgan fingerprint density at radius 3 is 2.77 bits per heavy atom. The quantitative estimate of drug-likeness (QED) is 0.623. The fraction of sp³-hybridized carbons (Fsp3) is 0.250. The Hall–Kier alpha value is -2.04. The fourth-order valence-corrected chi connectivity index (χ4v) is 5.47. The van der Waals surface area contributed by atoms with Crippen molar-refractivity contribution in [1.82, 2.24) is 10.3 Å². The van der Waals surface area contributed by atoms with Gasteiger partial charge in [-0.15, -0.1) is 23.1 Å². The van der Waals surface area contributed by atoms with Crippen LogP contribution < -0.4 is 9.88 Å². The molecule has 0 bridgehead atoms. The predicted molar refractivity (Wildman–Crippen MR) is 101 cm³/mol. The van der Waals surface area contributed by atoms with Crippen LogP contribution in [0.3, 0.4) is 0 Å². The lowest BCUT2D eigenvalue weighted by molar-refractivity contribution is -0.671. The second kappa shape index (κ2) is 8.11. The average Bonchev–Trinajstić information content (AvgIpc) is 3.04. The second-order valence-corrected chi connectivity index (χ2v) is 8.89. The molecule has 2 aromatic rings. The van der Waals surface area contributed by atoms with Crippen LogP contribution in [-0.2, 0) is 16.6 Å². The van der Waals surface area contributed by atoms with E-state index in [0.717, 1.165) is 15.6 Å². The number of carbonyl (C=O) groups is 2. The van der Waals surface area contributed by atoms with Gasteiger partial charge in [-0.2, -0.15) is 0 Å². The van der Waals surface area contributed by atoms with Crippen LogP contribution in [0.15, 0.2) is 44.8 Å². The van der Waals surface area contributed by atoms with Crippen LogP contribution in [0.2, 0.25) is 0 Å². The number of hydrogen-bond acceptors (Lipinski definition) is 7. The SMILES string of the molecule is C[n+]1ccc(-c2csc(SC3=C(C(=O)O)N[C@@H](CC(=O)O)SC3)n2)cc1. The van der Waals surface area contributed by atoms with Crippen molar-refractivity contribution in [3.05, 3.63) is 40.5 Å². The van der Waals surface area contributed by atoms with Gasteiger partial charge in [0.2, 0.25) is 0 Å². The van der Waals surface area contributed by atoms with E-state index in [4.69, 9.17) is 5.11 Å². The van der Waals surface area contributed by atoms with Crippen molar-refractivity contribution in [3.8, 4) is 11.3 Å². The van der Waals surface area contributed by atoms with Gasteiger partial charge >= 0.3 is 11.9 Å². The van der Waals surface area contributed by atoms with E-state index in [9.17, 15) is 14.7 Å². The minimum atomic E-state index is -1.09. The number of rotatable bonds is 6. The zero-order valence-electron chi connectivity index (χ0n) is 13.7. The Morgan fingerprint density at radius 1 is 1.38 bits per heavy atom. The highest BCUT2D eigenvalue weighted by molar-refractivity contribution is 8.07. The Kier molecular flexibility index (Phi) is 5.84. The van der Waals surface area contributed by atoms with Crippen LogP contribution in [0.25, 0.3) is 11.3 Å². The van der Waals surface area contributed by atoms with Crippen molar-refractivity contribution in [2.45, 2.75) is 16.1 Å². The highest BCUT2D eigenvalue weighted by Gasteiger charge is 2.27. The fourth-order valence-electron chi connectivity index (χ4n) is 2.28. The van der Waals surface area contributed by atoms with Gasteiger partial charge in [0.05, 0.1) is 17.5 Å². The second-order valence-electron chi connectivity index (χ2n) is 5.50. The summed E-state index contributed by atoms with van der Waals surface area (Å²) in [6.07, 6.45) is 3.75. The topological polar surface area (TPSA) is 103 Å². The minimum absolute atomic E-state index is 0.0588. The molecule has 0 amide bonds. The first-order valence-corrected chi connectivity index (χ1v) is 10.3. The number of hydrogen-bond donors (Lipinski definition) is 3. The molecule has 10 heteroatoms. The molecule has 1 aliphatic heterocycles. The first-order chi connectivity index (χ1) is 12.4. The number of carboxylic acid groups (broad SMARTS) is 2. The molecular formula is C16H16N3O4S3+. The number of aryl methyl sites for hydroxylation is 1. The summed E-state index contributed by atoms with van der Waals surface area (Å²) in [5.74, 6) is -1.61. The molecule has 1 atom stereocenters. The molecule has 2 aromatic heterocycles. The molecule has 3 rings (SSSR count). The highest BCUT2D eigenvalue weighted by Crippen LogP contribution is 2.38. The molecule has 26 heavy (non-hydrogen) atoms. The van der Waals surface area contributed by atoms with E-state index in [-0.39, 0.29) is 12.1 Å². The van der Waals surface area contributed by atoms with Gasteiger partial charge in [0.15, 0.2) is 16.7 Å². The van der Waals surface area contributed by atoms with E-state index in [0.29, 0.717) is 10.7 Å². The Bertz CT molecular complexity index is 864. The summed E-state index contributed by atoms with van der Waals surface area (Å²) < 4.78 is 2.69. The molecule has 0 saturated heterocycles. The smallest absolute Gasteiger partial charge is 0.352 e. The number of nitrogens with one attached hydrogen (secondary N) is 1. The number of nitrogens with zero attached hydrogens (tertiary/aromatic N) is 2. The molecule has 3 N–H and O–H groups in total. The molecule has 0 saturated carbocycles. The first kappa shape index (κ1) is 18.7. The van der Waals surface area contributed by atoms with E-state index in [1.807, 2.05) is 41.5 Å². The third-order valence-electron chi connectivity index (χ3n) is 3.54. The Labute approximate surface area is 162 Å². The molecular weight excluding hydrogens is 394 g/mol. The third-order valence-corrected chi connectivity index (χ3v) is 6.90. The van der Waals surface area contributed by atoms with Crippen LogP contribution in [0.5, 0.6) is 0 Å². The molecule has 0 fully saturated rings. The van der Waals surface area contributed by atoms with Crippen LogP contribution in [0.4, 0.5) is 0 Å². The maximum absolute atomic E-state index is 11.5. The normalized spacial score (nSPS) is 17.0. The van der Waals surface area contributed by atoms with Crippen LogP contribution in [0, 0.1) is 0 Å². The summed E-state index contributed by atoms with van der Waals surface area (Å²) in [4.78, 5) is 27.6. The van der Waals surface area contributed by atoms with Gasteiger partial charge in [-0.3, -0.25) is 4.79 Å². The van der Waals surface area contributed by atoms with Gasteiger partial charge in [-0.05, 0) is 0 Å². The van der Waals surface area contributed by atoms with Crippen LogP contribution in [0.1, 0.15) is 6.42 Å². The summed E-state index contributed by atoms with van der Waals surface area (Å²) in [5.41, 5.74) is 1.90. The average molecular weight is 411 g/mol. The van der Waals surface area contributed by atoms with Gasteiger partial charge in [-0.1, -0.05) is 11.8 Å². The number of aliphatic carboxylic acids is 2. The Balaban J connectivity index is 1.77. The number of pyridine rings is 1. The van der Waals surface area contributed by atoms with Gasteiger partial charge in [-0.25, -0.2) is 14.3 Å². The van der Waals surface area contributed by atoms with Gasteiger partial charge in [0.25, 0.3) is 0 Å². The Morgan fingerprint density at radius 2 is 2.12 bits per heavy atom. The van der Waals surface area contributed by atoms with Crippen molar-refractivity contribution in [3.63, 3.8) is 0 Å². The lowest BCUT2D eigenvalue weighted by atomic mass is 10.2. The van der Waals surface area contributed by atoms with E-state index >= 15 is 0 Å². The van der Waals surface area contributed by atoms with E-state index in [1.54, 1.807) is 0 Å². The number of aromatic nitrogens is 2. The maximum atomic E-state index is 11.5. The maximum Gasteiger partial charge on any atom is 0.352 e. The van der Waals surface area contributed by atoms with E-state index < -0.39 is 17.3 Å². The summed E-state index contributed by atoms with van der Waals surface area (Å²) in [5, 5.41) is 22.6. The van der Waals surface area contributed by atoms with E-state index in [2.05, 4.69) is 10.3 Å². The lowest BCUT2D eigenvalue weighted by Gasteiger charge is -2.25. The molecule has 7 nitrogen and oxygen atoms in total. The lowest BCUT2D eigenvalue weighted by Crippen LogP contribution is -2.35. The van der Waals surface area contributed by atoms with Crippen molar-refractivity contribution in [2.75, 3.05) is 5.75 Å². The largest absolute Gasteiger partial charge is 0.481 e. The predicted octanol–water partition coefficient (Wildman–Crippen LogP) is 2.16. The van der Waals surface area contributed by atoms with Gasteiger partial charge < -0.3 is 15.5 Å². The van der Waals surface area contributed by atoms with Crippen molar-refractivity contribution >= 4 is 46.8 Å². The highest BCUT2D eigenvalue weighted by atomic mass is 32.2. The zero-order valence-corrected chi connectivity index (χ0v) is 16.2. The summed E-state index contributed by atoms with van der Waals surface area (Å²) >= 11 is 4.15. The molecule has 136 valence electrons. The summed E-state index contributed by atoms with van der Waals surface area (Å²) in [6, 6.07) is 3.94. The van der Waals surface area contributed by atoms with Gasteiger partial charge in [0, 0.05) is 33.7 Å². The number of carboxylic acids is 2. The molecule has 0 radical (unpaired) electrons. The van der Waals surface area contributed by atoms with Crippen LogP contribution >= 0.6 is 34.9 Å². The van der Waals surface area contributed by atoms with E-state index in [1.165, 1.54) is 34.9 Å². The third kappa shape index (κ3) is 4.57. The zero-order chi connectivity index (χ0) is 18.7. The number of thiazole rings is 1. The van der Waals surface area contributed by atoms with Crippen molar-refractivity contribution in [2.24, 2.45) is 7.05 Å². The molecule has 3 heterocycles. The minimum Gasteiger partial charge on any atom is -0.481 e. The van der Waals surface area contributed by atoms with Gasteiger partial charge in [0.1, 0.15) is 12.7 Å². The first-order valence-electron chi connectivity index (χ1n) is 7.58. The standard InChI is InChI=1S/C16H15N3O4S3/c1-19-4-2-9(3-5-19)10-7-25-16(17-10)26-11-8-24-12(6-13(20)21)18-14(11)15(22)23/h2-5,7,12,18H,6,8H2,1H3,(H-,20,21,22,23)/p+1/t12-/m1/s1. The molecule has 1 aliphatic rings. The summed E-state index contributed by atoms with van der Waals surface area (Å²) in [7, 11) is 1.94. The van der Waals surface area contributed by atoms with Crippen LogP contribution in [-0.4, -0.2) is 38.3 Å². The molecule has 0 aromatic carbocycles. The van der Waals surface area contributed by atoms with Crippen molar-refractivity contribution in [1.29, 1.82) is 0 Å². The van der Waals surface area contributed by atoms with Crippen molar-refractivity contribution < 1.29 is 24.4 Å². The summed E-state index contributed by atoms with van der Waals surface area (Å²) in [6.45, 7) is 0.